The van der Waals surface area contributed by atoms with Gasteiger partial charge >= 0.3 is 0 Å². The molecule has 3 aliphatic rings. The molecule has 2 fully saturated rings. The Morgan fingerprint density at radius 1 is 1.30 bits per heavy atom. The van der Waals surface area contributed by atoms with E-state index in [0.717, 1.165) is 18.9 Å². The fourth-order valence-corrected chi connectivity index (χ4v) is 6.85. The maximum atomic E-state index is 11.8. The molecule has 4 rings (SSSR count). The Morgan fingerprint density at radius 3 is 2.70 bits per heavy atom. The molecule has 1 unspecified atom stereocenters. The van der Waals surface area contributed by atoms with Crippen LogP contribution in [0.2, 0.25) is 0 Å². The molecule has 148 valence electrons. The maximum absolute atomic E-state index is 11.8. The Balaban J connectivity index is 1.62. The predicted molar refractivity (Wildman–Crippen MR) is 111 cm³/mol. The number of hydrogen-bond acceptors (Lipinski definition) is 3. The monoisotopic (exact) mass is 389 g/mol. The summed E-state index contributed by atoms with van der Waals surface area (Å²) in [5, 5.41) is 3.54. The Hall–Kier alpha value is -1.56. The highest BCUT2D eigenvalue weighted by atomic mass is 32.2. The molecule has 1 saturated heterocycles. The number of sulfone groups is 1. The van der Waals surface area contributed by atoms with Gasteiger partial charge in [0, 0.05) is 30.2 Å². The van der Waals surface area contributed by atoms with Gasteiger partial charge in [-0.15, -0.1) is 0 Å². The number of fused-ring (bicyclic) bond motifs is 2. The second-order valence-corrected chi connectivity index (χ2v) is 11.1. The minimum absolute atomic E-state index is 0.150. The molecular weight excluding hydrogens is 358 g/mol. The molecule has 1 aromatic rings. The highest BCUT2D eigenvalue weighted by Crippen LogP contribution is 2.50. The molecule has 6 heteroatoms. The van der Waals surface area contributed by atoms with Crippen LogP contribution in [-0.2, 0) is 15.3 Å². The van der Waals surface area contributed by atoms with E-state index in [4.69, 9.17) is 4.99 Å². The molecule has 1 spiro atoms. The van der Waals surface area contributed by atoms with Crippen molar-refractivity contribution in [2.24, 2.45) is 10.9 Å². The summed E-state index contributed by atoms with van der Waals surface area (Å²) in [6.07, 6.45) is 5.83. The number of anilines is 1. The molecular formula is C21H31N3O2S. The lowest BCUT2D eigenvalue weighted by atomic mass is 9.81. The van der Waals surface area contributed by atoms with Crippen molar-refractivity contribution in [3.05, 3.63) is 29.8 Å². The van der Waals surface area contributed by atoms with Gasteiger partial charge in [0.2, 0.25) is 0 Å². The van der Waals surface area contributed by atoms with E-state index in [0.29, 0.717) is 12.3 Å². The minimum Gasteiger partial charge on any atom is -0.354 e. The summed E-state index contributed by atoms with van der Waals surface area (Å²) in [6, 6.07) is 9.04. The van der Waals surface area contributed by atoms with Crippen LogP contribution in [0.25, 0.3) is 0 Å². The highest BCUT2D eigenvalue weighted by Gasteiger charge is 2.45. The smallest absolute Gasteiger partial charge is 0.198 e. The third kappa shape index (κ3) is 3.73. The van der Waals surface area contributed by atoms with Crippen molar-refractivity contribution in [2.45, 2.75) is 57.4 Å². The molecule has 0 radical (unpaired) electrons. The zero-order chi connectivity index (χ0) is 19.1. The van der Waals surface area contributed by atoms with Gasteiger partial charge in [-0.25, -0.2) is 8.42 Å². The summed E-state index contributed by atoms with van der Waals surface area (Å²) in [5.74, 6) is 1.66. The Morgan fingerprint density at radius 2 is 2.04 bits per heavy atom. The summed E-state index contributed by atoms with van der Waals surface area (Å²) in [7, 11) is -2.86. The second-order valence-electron chi connectivity index (χ2n) is 8.82. The van der Waals surface area contributed by atoms with Gasteiger partial charge in [0.15, 0.2) is 15.8 Å². The van der Waals surface area contributed by atoms with Crippen LogP contribution in [-0.4, -0.2) is 45.0 Å². The van der Waals surface area contributed by atoms with Gasteiger partial charge in [0.25, 0.3) is 0 Å². The lowest BCUT2D eigenvalue weighted by Crippen LogP contribution is -2.46. The lowest BCUT2D eigenvalue weighted by molar-refractivity contribution is 0.477. The molecule has 1 aliphatic carbocycles. The largest absolute Gasteiger partial charge is 0.354 e. The molecule has 1 N–H and O–H groups in total. The minimum atomic E-state index is -2.86. The van der Waals surface area contributed by atoms with Crippen LogP contribution in [0.5, 0.6) is 0 Å². The number of aliphatic imine (C=N–C) groups is 1. The quantitative estimate of drug-likeness (QED) is 0.637. The molecule has 0 amide bonds. The SMILES string of the molecule is CC(C)NC(=NCC1CCS(=O)(=O)C1)N1CC2(CCCC2)c2ccccc21. The maximum Gasteiger partial charge on any atom is 0.198 e. The number of hydrogen-bond donors (Lipinski definition) is 1. The zero-order valence-corrected chi connectivity index (χ0v) is 17.3. The fraction of sp³-hybridized carbons (Fsp3) is 0.667. The molecule has 1 saturated carbocycles. The number of rotatable bonds is 3. The average molecular weight is 390 g/mol. The Labute approximate surface area is 163 Å². The van der Waals surface area contributed by atoms with E-state index in [1.54, 1.807) is 0 Å². The molecule has 1 atom stereocenters. The van der Waals surface area contributed by atoms with E-state index >= 15 is 0 Å². The van der Waals surface area contributed by atoms with Crippen molar-refractivity contribution in [2.75, 3.05) is 29.5 Å². The first-order chi connectivity index (χ1) is 12.9. The van der Waals surface area contributed by atoms with Gasteiger partial charge in [-0.2, -0.15) is 0 Å². The van der Waals surface area contributed by atoms with E-state index in [9.17, 15) is 8.42 Å². The van der Waals surface area contributed by atoms with Gasteiger partial charge in [-0.05, 0) is 50.7 Å². The summed E-state index contributed by atoms with van der Waals surface area (Å²) in [5.41, 5.74) is 2.99. The van der Waals surface area contributed by atoms with Gasteiger partial charge in [-0.1, -0.05) is 31.0 Å². The summed E-state index contributed by atoms with van der Waals surface area (Å²) in [4.78, 5) is 7.27. The topological polar surface area (TPSA) is 61.8 Å². The first kappa shape index (κ1) is 18.8. The van der Waals surface area contributed by atoms with Crippen LogP contribution < -0.4 is 10.2 Å². The lowest BCUT2D eigenvalue weighted by Gasteiger charge is -2.28. The van der Waals surface area contributed by atoms with Crippen molar-refractivity contribution >= 4 is 21.5 Å². The summed E-state index contributed by atoms with van der Waals surface area (Å²) in [6.45, 7) is 5.82. The van der Waals surface area contributed by atoms with Crippen molar-refractivity contribution in [1.82, 2.24) is 5.32 Å². The average Bonchev–Trinajstić information content (AvgIpc) is 3.31. The number of nitrogens with one attached hydrogen (secondary N) is 1. The van der Waals surface area contributed by atoms with E-state index in [-0.39, 0.29) is 23.1 Å². The Kier molecular flexibility index (Phi) is 4.95. The third-order valence-corrected chi connectivity index (χ3v) is 8.12. The van der Waals surface area contributed by atoms with Crippen LogP contribution >= 0.6 is 0 Å². The van der Waals surface area contributed by atoms with Crippen LogP contribution in [0.3, 0.4) is 0 Å². The molecule has 27 heavy (non-hydrogen) atoms. The normalized spacial score (nSPS) is 26.1. The molecule has 2 aliphatic heterocycles. The highest BCUT2D eigenvalue weighted by molar-refractivity contribution is 7.91. The van der Waals surface area contributed by atoms with Crippen molar-refractivity contribution in [3.63, 3.8) is 0 Å². The number of nitrogens with zero attached hydrogens (tertiary/aromatic N) is 2. The van der Waals surface area contributed by atoms with E-state index in [2.05, 4.69) is 48.3 Å². The van der Waals surface area contributed by atoms with Crippen molar-refractivity contribution < 1.29 is 8.42 Å². The van der Waals surface area contributed by atoms with Crippen LogP contribution in [0, 0.1) is 5.92 Å². The number of benzene rings is 1. The predicted octanol–water partition coefficient (Wildman–Crippen LogP) is 3.11. The molecule has 5 nitrogen and oxygen atoms in total. The van der Waals surface area contributed by atoms with Crippen LogP contribution in [0.4, 0.5) is 5.69 Å². The third-order valence-electron chi connectivity index (χ3n) is 6.29. The Bertz CT molecular complexity index is 826. The van der Waals surface area contributed by atoms with Gasteiger partial charge < -0.3 is 10.2 Å². The second kappa shape index (κ2) is 7.12. The zero-order valence-electron chi connectivity index (χ0n) is 16.4. The van der Waals surface area contributed by atoms with Crippen molar-refractivity contribution in [3.8, 4) is 0 Å². The first-order valence-corrected chi connectivity index (χ1v) is 12.1. The number of guanidine groups is 1. The molecule has 1 aromatic carbocycles. The summed E-state index contributed by atoms with van der Waals surface area (Å²) < 4.78 is 23.6. The van der Waals surface area contributed by atoms with Gasteiger partial charge in [-0.3, -0.25) is 4.99 Å². The van der Waals surface area contributed by atoms with E-state index < -0.39 is 9.84 Å². The van der Waals surface area contributed by atoms with Crippen LogP contribution in [0.15, 0.2) is 29.3 Å². The van der Waals surface area contributed by atoms with Crippen molar-refractivity contribution in [1.29, 1.82) is 0 Å². The van der Waals surface area contributed by atoms with Crippen LogP contribution in [0.1, 0.15) is 51.5 Å². The first-order valence-electron chi connectivity index (χ1n) is 10.3. The standard InChI is InChI=1S/C21H31N3O2S/c1-16(2)23-20(22-13-17-9-12-27(25,26)14-17)24-15-21(10-5-6-11-21)18-7-3-4-8-19(18)24/h3-4,7-8,16-17H,5-6,9-15H2,1-2H3,(H,22,23). The molecule has 2 heterocycles. The van der Waals surface area contributed by atoms with Gasteiger partial charge in [0.1, 0.15) is 0 Å². The van der Waals surface area contributed by atoms with E-state index in [1.807, 2.05) is 0 Å². The molecule has 0 aromatic heterocycles. The van der Waals surface area contributed by atoms with Gasteiger partial charge in [0.05, 0.1) is 11.5 Å². The number of para-hydroxylation sites is 1. The summed E-state index contributed by atoms with van der Waals surface area (Å²) >= 11 is 0. The fourth-order valence-electron chi connectivity index (χ4n) is 5.00. The molecule has 0 bridgehead atoms. The van der Waals surface area contributed by atoms with E-state index in [1.165, 1.54) is 36.9 Å².